The van der Waals surface area contributed by atoms with E-state index >= 15 is 0 Å². The first-order chi connectivity index (χ1) is 10.1. The van der Waals surface area contributed by atoms with Crippen molar-refractivity contribution in [3.63, 3.8) is 0 Å². The van der Waals surface area contributed by atoms with Crippen molar-refractivity contribution in [3.8, 4) is 0 Å². The molecule has 0 amide bonds. The van der Waals surface area contributed by atoms with Crippen molar-refractivity contribution >= 4 is 11.6 Å². The number of benzene rings is 2. The van der Waals surface area contributed by atoms with Gasteiger partial charge in [-0.1, -0.05) is 42.0 Å². The van der Waals surface area contributed by atoms with Crippen molar-refractivity contribution in [1.82, 2.24) is 0 Å². The highest BCUT2D eigenvalue weighted by Crippen LogP contribution is 2.41. The third kappa shape index (κ3) is 2.87. The Morgan fingerprint density at radius 1 is 1.05 bits per heavy atom. The monoisotopic (exact) mass is 298 g/mol. The Kier molecular flexibility index (Phi) is 4.08. The van der Waals surface area contributed by atoms with Gasteiger partial charge < -0.3 is 0 Å². The molecule has 2 aromatic rings. The summed E-state index contributed by atoms with van der Waals surface area (Å²) >= 11 is 6.80. The van der Waals surface area contributed by atoms with E-state index in [4.69, 9.17) is 11.6 Å². The summed E-state index contributed by atoms with van der Waals surface area (Å²) in [5.41, 5.74) is 8.45. The fourth-order valence-electron chi connectivity index (χ4n) is 3.77. The van der Waals surface area contributed by atoms with Crippen LogP contribution in [-0.4, -0.2) is 0 Å². The van der Waals surface area contributed by atoms with Gasteiger partial charge in [0, 0.05) is 0 Å². The van der Waals surface area contributed by atoms with Crippen molar-refractivity contribution < 1.29 is 0 Å². The second-order valence-corrected chi connectivity index (χ2v) is 6.95. The highest BCUT2D eigenvalue weighted by molar-refractivity contribution is 6.21. The van der Waals surface area contributed by atoms with Crippen molar-refractivity contribution in [2.45, 2.75) is 45.4 Å². The number of rotatable bonds is 2. The molecule has 0 aromatic heterocycles. The van der Waals surface area contributed by atoms with Gasteiger partial charge in [0.1, 0.15) is 0 Å². The molecule has 110 valence electrons. The standard InChI is InChI=1S/C20H23Cl/c1-13-10-14(2)19(15(3)11-13)12-17-9-8-16-6-4-5-7-18(16)20(17)21/h4-7,10-11,17,20H,8-9,12H2,1-3H3. The van der Waals surface area contributed by atoms with E-state index in [1.807, 2.05) is 0 Å². The van der Waals surface area contributed by atoms with Gasteiger partial charge >= 0.3 is 0 Å². The Balaban J connectivity index is 1.87. The fraction of sp³-hybridized carbons (Fsp3) is 0.400. The van der Waals surface area contributed by atoms with Crippen LogP contribution in [0.1, 0.15) is 45.2 Å². The summed E-state index contributed by atoms with van der Waals surface area (Å²) in [6.07, 6.45) is 3.45. The van der Waals surface area contributed by atoms with Gasteiger partial charge in [0.25, 0.3) is 0 Å². The van der Waals surface area contributed by atoms with Crippen LogP contribution >= 0.6 is 11.6 Å². The maximum absolute atomic E-state index is 6.80. The summed E-state index contributed by atoms with van der Waals surface area (Å²) in [6, 6.07) is 13.2. The Morgan fingerprint density at radius 2 is 1.71 bits per heavy atom. The SMILES string of the molecule is Cc1cc(C)c(CC2CCc3ccccc3C2Cl)c(C)c1. The van der Waals surface area contributed by atoms with E-state index in [9.17, 15) is 0 Å². The lowest BCUT2D eigenvalue weighted by molar-refractivity contribution is 0.440. The van der Waals surface area contributed by atoms with Crippen molar-refractivity contribution in [1.29, 1.82) is 0 Å². The molecule has 0 heterocycles. The minimum Gasteiger partial charge on any atom is -0.117 e. The smallest absolute Gasteiger partial charge is 0.0619 e. The van der Waals surface area contributed by atoms with E-state index < -0.39 is 0 Å². The summed E-state index contributed by atoms with van der Waals surface area (Å²) in [6.45, 7) is 6.63. The number of aryl methyl sites for hydroxylation is 4. The molecule has 0 fully saturated rings. The molecular weight excluding hydrogens is 276 g/mol. The summed E-state index contributed by atoms with van der Waals surface area (Å²) < 4.78 is 0. The maximum Gasteiger partial charge on any atom is 0.0619 e. The predicted molar refractivity (Wildman–Crippen MR) is 91.2 cm³/mol. The molecule has 0 nitrogen and oxygen atoms in total. The Hall–Kier alpha value is -1.27. The summed E-state index contributed by atoms with van der Waals surface area (Å²) in [7, 11) is 0. The maximum atomic E-state index is 6.80. The van der Waals surface area contributed by atoms with Gasteiger partial charge in [0.05, 0.1) is 5.38 Å². The van der Waals surface area contributed by atoms with Crippen LogP contribution in [0.3, 0.4) is 0 Å². The molecular formula is C20H23Cl. The molecule has 21 heavy (non-hydrogen) atoms. The van der Waals surface area contributed by atoms with Crippen LogP contribution < -0.4 is 0 Å². The van der Waals surface area contributed by atoms with Crippen LogP contribution in [0.4, 0.5) is 0 Å². The topological polar surface area (TPSA) is 0 Å². The number of fused-ring (bicyclic) bond motifs is 1. The molecule has 0 saturated heterocycles. The van der Waals surface area contributed by atoms with Gasteiger partial charge in [0.2, 0.25) is 0 Å². The zero-order chi connectivity index (χ0) is 15.0. The fourth-order valence-corrected chi connectivity index (χ4v) is 4.20. The molecule has 0 N–H and O–H groups in total. The van der Waals surface area contributed by atoms with Gasteiger partial charge in [0.15, 0.2) is 0 Å². The lowest BCUT2D eigenvalue weighted by Crippen LogP contribution is -2.20. The van der Waals surface area contributed by atoms with E-state index in [1.165, 1.54) is 39.8 Å². The first-order valence-electron chi connectivity index (χ1n) is 7.85. The van der Waals surface area contributed by atoms with E-state index in [-0.39, 0.29) is 5.38 Å². The van der Waals surface area contributed by atoms with E-state index in [1.54, 1.807) is 0 Å². The second-order valence-electron chi connectivity index (χ2n) is 6.48. The third-order valence-electron chi connectivity index (χ3n) is 4.86. The molecule has 0 radical (unpaired) electrons. The molecule has 2 atom stereocenters. The lowest BCUT2D eigenvalue weighted by atomic mass is 9.79. The molecule has 0 saturated carbocycles. The van der Waals surface area contributed by atoms with E-state index in [2.05, 4.69) is 57.2 Å². The van der Waals surface area contributed by atoms with Gasteiger partial charge in [-0.3, -0.25) is 0 Å². The third-order valence-corrected chi connectivity index (χ3v) is 5.45. The minimum atomic E-state index is 0.148. The van der Waals surface area contributed by atoms with Crippen molar-refractivity contribution in [2.75, 3.05) is 0 Å². The first-order valence-corrected chi connectivity index (χ1v) is 8.28. The number of alkyl halides is 1. The average Bonchev–Trinajstić information content (AvgIpc) is 2.45. The normalized spacial score (nSPS) is 21.1. The van der Waals surface area contributed by atoms with Crippen molar-refractivity contribution in [2.24, 2.45) is 5.92 Å². The summed E-state index contributed by atoms with van der Waals surface area (Å²) in [5, 5.41) is 0.148. The molecule has 0 aliphatic heterocycles. The Morgan fingerprint density at radius 3 is 2.43 bits per heavy atom. The van der Waals surface area contributed by atoms with Gasteiger partial charge in [-0.2, -0.15) is 0 Å². The Labute approximate surface area is 133 Å². The van der Waals surface area contributed by atoms with E-state index in [0.29, 0.717) is 5.92 Å². The van der Waals surface area contributed by atoms with Crippen molar-refractivity contribution in [3.05, 3.63) is 69.8 Å². The predicted octanol–water partition coefficient (Wildman–Crippen LogP) is 5.70. The minimum absolute atomic E-state index is 0.148. The molecule has 1 aliphatic rings. The molecule has 2 aromatic carbocycles. The van der Waals surface area contributed by atoms with Crippen LogP contribution in [0.15, 0.2) is 36.4 Å². The molecule has 1 heteroatoms. The molecule has 1 aliphatic carbocycles. The zero-order valence-electron chi connectivity index (χ0n) is 13.1. The summed E-state index contributed by atoms with van der Waals surface area (Å²) in [5.74, 6) is 0.543. The van der Waals surface area contributed by atoms with Crippen LogP contribution in [0.5, 0.6) is 0 Å². The molecule has 0 spiro atoms. The number of hydrogen-bond donors (Lipinski definition) is 0. The zero-order valence-corrected chi connectivity index (χ0v) is 13.9. The van der Waals surface area contributed by atoms with Crippen LogP contribution in [0.25, 0.3) is 0 Å². The molecule has 3 rings (SSSR count). The van der Waals surface area contributed by atoms with Gasteiger partial charge in [-0.05, 0) is 73.8 Å². The van der Waals surface area contributed by atoms with Crippen LogP contribution in [-0.2, 0) is 12.8 Å². The summed E-state index contributed by atoms with van der Waals surface area (Å²) in [4.78, 5) is 0. The highest BCUT2D eigenvalue weighted by atomic mass is 35.5. The largest absolute Gasteiger partial charge is 0.117 e. The van der Waals surface area contributed by atoms with E-state index in [0.717, 1.165) is 12.8 Å². The number of halogens is 1. The van der Waals surface area contributed by atoms with Crippen LogP contribution in [0, 0.1) is 26.7 Å². The Bertz CT molecular complexity index is 634. The molecule has 2 unspecified atom stereocenters. The highest BCUT2D eigenvalue weighted by Gasteiger charge is 2.28. The average molecular weight is 299 g/mol. The van der Waals surface area contributed by atoms with Gasteiger partial charge in [-0.25, -0.2) is 0 Å². The quantitative estimate of drug-likeness (QED) is 0.624. The van der Waals surface area contributed by atoms with Crippen LogP contribution in [0.2, 0.25) is 0 Å². The lowest BCUT2D eigenvalue weighted by Gasteiger charge is -2.30. The second kappa shape index (κ2) is 5.85. The van der Waals surface area contributed by atoms with Gasteiger partial charge in [-0.15, -0.1) is 11.6 Å². The number of hydrogen-bond acceptors (Lipinski definition) is 0. The first kappa shape index (κ1) is 14.7. The molecule has 0 bridgehead atoms.